The van der Waals surface area contributed by atoms with Gasteiger partial charge in [-0.05, 0) is 37.6 Å². The molecule has 2 aliphatic rings. The Morgan fingerprint density at radius 1 is 1.16 bits per heavy atom. The molecule has 0 bridgehead atoms. The van der Waals surface area contributed by atoms with Crippen LogP contribution in [0.4, 0.5) is 5.69 Å². The van der Waals surface area contributed by atoms with Crippen LogP contribution in [0.1, 0.15) is 40.0 Å². The molecule has 4 rings (SSSR count). The van der Waals surface area contributed by atoms with E-state index in [-0.39, 0.29) is 23.6 Å². The molecule has 0 aliphatic carbocycles. The van der Waals surface area contributed by atoms with Crippen LogP contribution in [0.5, 0.6) is 0 Å². The van der Waals surface area contributed by atoms with Crippen molar-refractivity contribution in [2.24, 2.45) is 5.92 Å². The molecular weight excluding hydrogens is 394 g/mol. The van der Waals surface area contributed by atoms with Gasteiger partial charge >= 0.3 is 0 Å². The third-order valence-electron chi connectivity index (χ3n) is 6.40. The molecule has 7 heteroatoms. The first kappa shape index (κ1) is 21.3. The minimum atomic E-state index is -0.788. The number of nitrogens with one attached hydrogen (secondary N) is 2. The highest BCUT2D eigenvalue weighted by Crippen LogP contribution is 2.33. The number of anilines is 1. The molecule has 2 aromatic rings. The van der Waals surface area contributed by atoms with E-state index in [9.17, 15) is 14.4 Å². The topological polar surface area (TPSA) is 87.7 Å². The molecule has 164 valence electrons. The Labute approximate surface area is 182 Å². The summed E-state index contributed by atoms with van der Waals surface area (Å²) in [5.41, 5.74) is 0.715. The fourth-order valence-corrected chi connectivity index (χ4v) is 4.36. The first-order valence-corrected chi connectivity index (χ1v) is 11.0. The Bertz CT molecular complexity index is 1000. The molecule has 0 aromatic heterocycles. The monoisotopic (exact) mass is 423 g/mol. The van der Waals surface area contributed by atoms with Gasteiger partial charge in [0.25, 0.3) is 5.91 Å². The van der Waals surface area contributed by atoms with Crippen LogP contribution in [0.25, 0.3) is 10.8 Å². The van der Waals surface area contributed by atoms with Crippen LogP contribution in [0, 0.1) is 5.92 Å². The summed E-state index contributed by atoms with van der Waals surface area (Å²) < 4.78 is 6.02. The molecule has 5 atom stereocenters. The number of carbonyl (C=O) groups excluding carboxylic acids is 3. The Kier molecular flexibility index (Phi) is 5.96. The van der Waals surface area contributed by atoms with Crippen molar-refractivity contribution in [3.63, 3.8) is 0 Å². The fourth-order valence-electron chi connectivity index (χ4n) is 4.36. The van der Waals surface area contributed by atoms with Gasteiger partial charge in [-0.2, -0.15) is 0 Å². The minimum Gasteiger partial charge on any atom is -0.353 e. The van der Waals surface area contributed by atoms with Gasteiger partial charge in [-0.3, -0.25) is 14.4 Å². The van der Waals surface area contributed by atoms with Gasteiger partial charge in [-0.1, -0.05) is 50.2 Å². The maximum atomic E-state index is 13.3. The highest BCUT2D eigenvalue weighted by molar-refractivity contribution is 6.05. The summed E-state index contributed by atoms with van der Waals surface area (Å²) in [7, 11) is 0. The second-order valence-corrected chi connectivity index (χ2v) is 8.45. The van der Waals surface area contributed by atoms with E-state index in [4.69, 9.17) is 4.74 Å². The van der Waals surface area contributed by atoms with E-state index in [1.165, 1.54) is 4.90 Å². The van der Waals surface area contributed by atoms with E-state index in [0.29, 0.717) is 24.9 Å². The highest BCUT2D eigenvalue weighted by Gasteiger charge is 2.50. The summed E-state index contributed by atoms with van der Waals surface area (Å²) in [6, 6.07) is 12.2. The number of fused-ring (bicyclic) bond motifs is 2. The Morgan fingerprint density at radius 3 is 2.68 bits per heavy atom. The molecular formula is C24H29N3O4. The van der Waals surface area contributed by atoms with Gasteiger partial charge in [0.1, 0.15) is 18.3 Å². The lowest BCUT2D eigenvalue weighted by molar-refractivity contribution is -0.178. The van der Waals surface area contributed by atoms with Gasteiger partial charge in [-0.15, -0.1) is 0 Å². The number of amides is 3. The number of hydrogen-bond acceptors (Lipinski definition) is 4. The van der Waals surface area contributed by atoms with Crippen molar-refractivity contribution in [3.8, 4) is 0 Å². The minimum absolute atomic E-state index is 0.175. The van der Waals surface area contributed by atoms with Gasteiger partial charge in [0, 0.05) is 17.0 Å². The zero-order valence-electron chi connectivity index (χ0n) is 18.1. The average Bonchev–Trinajstić information content (AvgIpc) is 3.20. The smallest absolute Gasteiger partial charge is 0.250 e. The van der Waals surface area contributed by atoms with E-state index in [0.717, 1.165) is 10.8 Å². The lowest BCUT2D eigenvalue weighted by Crippen LogP contribution is -2.64. The maximum absolute atomic E-state index is 13.3. The molecule has 0 saturated carbocycles. The zero-order chi connectivity index (χ0) is 22.1. The Hall–Kier alpha value is -2.93. The molecule has 2 heterocycles. The van der Waals surface area contributed by atoms with Crippen LogP contribution < -0.4 is 10.6 Å². The van der Waals surface area contributed by atoms with Gasteiger partial charge in [0.2, 0.25) is 11.8 Å². The van der Waals surface area contributed by atoms with Crippen molar-refractivity contribution >= 4 is 34.2 Å². The van der Waals surface area contributed by atoms with E-state index < -0.39 is 24.4 Å². The number of rotatable bonds is 5. The molecule has 0 radical (unpaired) electrons. The molecule has 2 fully saturated rings. The number of ether oxygens (including phenoxy) is 1. The van der Waals surface area contributed by atoms with E-state index >= 15 is 0 Å². The third-order valence-corrected chi connectivity index (χ3v) is 6.40. The number of benzene rings is 2. The largest absolute Gasteiger partial charge is 0.353 e. The molecule has 2 N–H and O–H groups in total. The first-order valence-electron chi connectivity index (χ1n) is 11.0. The third kappa shape index (κ3) is 4.02. The van der Waals surface area contributed by atoms with E-state index in [1.54, 1.807) is 6.92 Å². The maximum Gasteiger partial charge on any atom is 0.250 e. The number of nitrogens with zero attached hydrogens (tertiary/aromatic N) is 1. The summed E-state index contributed by atoms with van der Waals surface area (Å²) in [5.74, 6) is -0.860. The van der Waals surface area contributed by atoms with Crippen LogP contribution in [-0.4, -0.2) is 47.0 Å². The molecule has 1 unspecified atom stereocenters. The van der Waals surface area contributed by atoms with Crippen molar-refractivity contribution in [2.75, 3.05) is 5.32 Å². The van der Waals surface area contributed by atoms with Crippen LogP contribution in [0.2, 0.25) is 0 Å². The standard InChI is InChI=1S/C24H29N3O4/c1-4-14(2)22(28)26-21-15(3)31-20-13-12-19(27(20)24(21)30)23(29)25-18-11-7-9-16-8-5-6-10-17(16)18/h5-11,14-15,19-21H,4,12-13H2,1-3H3,(H,25,29)(H,26,28)/t14-,15-,19?,20+,21+/m1/s1. The van der Waals surface area contributed by atoms with Crippen molar-refractivity contribution in [1.82, 2.24) is 10.2 Å². The molecule has 2 saturated heterocycles. The Balaban J connectivity index is 1.52. The quantitative estimate of drug-likeness (QED) is 0.774. The van der Waals surface area contributed by atoms with Gasteiger partial charge in [0.15, 0.2) is 0 Å². The highest BCUT2D eigenvalue weighted by atomic mass is 16.5. The summed E-state index contributed by atoms with van der Waals surface area (Å²) >= 11 is 0. The molecule has 31 heavy (non-hydrogen) atoms. The van der Waals surface area contributed by atoms with Crippen molar-refractivity contribution in [2.45, 2.75) is 64.4 Å². The van der Waals surface area contributed by atoms with Crippen LogP contribution in [0.3, 0.4) is 0 Å². The summed E-state index contributed by atoms with van der Waals surface area (Å²) in [6.07, 6.45) is 0.912. The molecule has 0 spiro atoms. The zero-order valence-corrected chi connectivity index (χ0v) is 18.1. The fraction of sp³-hybridized carbons (Fsp3) is 0.458. The molecule has 2 aliphatic heterocycles. The van der Waals surface area contributed by atoms with Crippen LogP contribution in [0.15, 0.2) is 42.5 Å². The van der Waals surface area contributed by atoms with Gasteiger partial charge in [0.05, 0.1) is 6.10 Å². The van der Waals surface area contributed by atoms with Crippen LogP contribution in [-0.2, 0) is 19.1 Å². The summed E-state index contributed by atoms with van der Waals surface area (Å²) in [4.78, 5) is 40.4. The average molecular weight is 424 g/mol. The Morgan fingerprint density at radius 2 is 1.90 bits per heavy atom. The normalized spacial score (nSPS) is 26.4. The van der Waals surface area contributed by atoms with Crippen LogP contribution >= 0.6 is 0 Å². The summed E-state index contributed by atoms with van der Waals surface area (Å²) in [6.45, 7) is 5.55. The lowest BCUT2D eigenvalue weighted by atomic mass is 10.0. The first-order chi connectivity index (χ1) is 14.9. The lowest BCUT2D eigenvalue weighted by Gasteiger charge is -2.41. The summed E-state index contributed by atoms with van der Waals surface area (Å²) in [5, 5.41) is 7.80. The molecule has 3 amide bonds. The van der Waals surface area contributed by atoms with E-state index in [1.807, 2.05) is 56.3 Å². The van der Waals surface area contributed by atoms with Crippen molar-refractivity contribution < 1.29 is 19.1 Å². The predicted molar refractivity (Wildman–Crippen MR) is 118 cm³/mol. The second-order valence-electron chi connectivity index (χ2n) is 8.45. The number of hydrogen-bond donors (Lipinski definition) is 2. The second kappa shape index (κ2) is 8.67. The van der Waals surface area contributed by atoms with E-state index in [2.05, 4.69) is 10.6 Å². The van der Waals surface area contributed by atoms with Crippen molar-refractivity contribution in [1.29, 1.82) is 0 Å². The van der Waals surface area contributed by atoms with Crippen molar-refractivity contribution in [3.05, 3.63) is 42.5 Å². The predicted octanol–water partition coefficient (Wildman–Crippen LogP) is 3.05. The number of carbonyl (C=O) groups is 3. The van der Waals surface area contributed by atoms with Gasteiger partial charge in [-0.25, -0.2) is 0 Å². The van der Waals surface area contributed by atoms with Gasteiger partial charge < -0.3 is 20.3 Å². The SMILES string of the molecule is CC[C@@H](C)C(=O)N[C@@H]1C(=O)N2C(C(=O)Nc3cccc4ccccc34)CC[C@@H]2O[C@@H]1C. The molecule has 2 aromatic carbocycles. The molecule has 7 nitrogen and oxygen atoms in total.